The molecule has 0 heterocycles. The van der Waals surface area contributed by atoms with E-state index in [2.05, 4.69) is 0 Å². The van der Waals surface area contributed by atoms with Gasteiger partial charge in [0.05, 0.1) is 0 Å². The Hall–Kier alpha value is 0. The van der Waals surface area contributed by atoms with E-state index in [9.17, 15) is 0 Å². The molecule has 0 nitrogen and oxygen atoms in total. The smallest absolute Gasteiger partial charge is 0.0349 e. The molecule has 4 unspecified atom stereocenters. The van der Waals surface area contributed by atoms with Gasteiger partial charge in [0.1, 0.15) is 0 Å². The van der Waals surface area contributed by atoms with Gasteiger partial charge in [-0.3, -0.25) is 0 Å². The largest absolute Gasteiger partial charge is 0.0496 e. The third-order valence-corrected chi connectivity index (χ3v) is 5.63. The second kappa shape index (κ2) is 1.91. The van der Waals surface area contributed by atoms with E-state index in [4.69, 9.17) is 0 Å². The lowest BCUT2D eigenvalue weighted by atomic mass is 9.51. The molecule has 0 N–H and O–H groups in total. The van der Waals surface area contributed by atoms with Crippen LogP contribution in [-0.4, -0.2) is 0 Å². The lowest BCUT2D eigenvalue weighted by Gasteiger charge is -2.54. The molecular weight excluding hydrogens is 144 g/mol. The number of hydrogen-bond acceptors (Lipinski definition) is 0. The van der Waals surface area contributed by atoms with E-state index < -0.39 is 0 Å². The molecule has 5 fully saturated rings. The van der Waals surface area contributed by atoms with Crippen molar-refractivity contribution in [1.29, 1.82) is 0 Å². The van der Waals surface area contributed by atoms with Crippen molar-refractivity contribution in [1.82, 2.24) is 0 Å². The van der Waals surface area contributed by atoms with E-state index in [1.54, 1.807) is 38.5 Å². The Morgan fingerprint density at radius 3 is 1.92 bits per heavy atom. The number of hydrogen-bond donors (Lipinski definition) is 0. The molecule has 5 aliphatic rings. The van der Waals surface area contributed by atoms with Crippen LogP contribution in [0.5, 0.6) is 0 Å². The molecule has 5 saturated carbocycles. The first-order chi connectivity index (χ1) is 5.92. The summed E-state index contributed by atoms with van der Waals surface area (Å²) in [5, 5.41) is 0. The van der Waals surface area contributed by atoms with E-state index in [0.29, 0.717) is 0 Å². The van der Waals surface area contributed by atoms with Crippen molar-refractivity contribution < 1.29 is 0 Å². The topological polar surface area (TPSA) is 0 Å². The minimum absolute atomic E-state index is 1.18. The lowest BCUT2D eigenvalue weighted by molar-refractivity contribution is -0.0470. The fourth-order valence-electron chi connectivity index (χ4n) is 5.46. The quantitative estimate of drug-likeness (QED) is 0.513. The van der Waals surface area contributed by atoms with Crippen LogP contribution in [0.4, 0.5) is 0 Å². The minimum Gasteiger partial charge on any atom is -0.0496 e. The Morgan fingerprint density at radius 2 is 1.25 bits per heavy atom. The van der Waals surface area contributed by atoms with Gasteiger partial charge in [-0.05, 0) is 74.0 Å². The molecule has 12 heavy (non-hydrogen) atoms. The van der Waals surface area contributed by atoms with Gasteiger partial charge in [0.2, 0.25) is 0 Å². The summed E-state index contributed by atoms with van der Waals surface area (Å²) in [7, 11) is 0. The maximum atomic E-state index is 1.64. The van der Waals surface area contributed by atoms with E-state index in [0.717, 1.165) is 0 Å². The summed E-state index contributed by atoms with van der Waals surface area (Å²) in [6.07, 6.45) is 9.77. The Labute approximate surface area is 74.7 Å². The van der Waals surface area contributed by atoms with E-state index >= 15 is 0 Å². The van der Waals surface area contributed by atoms with Crippen LogP contribution in [0.3, 0.4) is 0 Å². The van der Waals surface area contributed by atoms with Crippen molar-refractivity contribution in [3.05, 3.63) is 0 Å². The summed E-state index contributed by atoms with van der Waals surface area (Å²) < 4.78 is 0. The molecule has 0 aliphatic heterocycles. The van der Waals surface area contributed by atoms with Gasteiger partial charge in [0.25, 0.3) is 0 Å². The van der Waals surface area contributed by atoms with Gasteiger partial charge in [-0.1, -0.05) is 0 Å². The van der Waals surface area contributed by atoms with Crippen molar-refractivity contribution >= 4 is 0 Å². The highest BCUT2D eigenvalue weighted by Crippen LogP contribution is 2.64. The summed E-state index contributed by atoms with van der Waals surface area (Å²) in [4.78, 5) is 0. The summed E-state index contributed by atoms with van der Waals surface area (Å²) >= 11 is 0. The summed E-state index contributed by atoms with van der Waals surface area (Å²) in [5.41, 5.74) is 0. The van der Waals surface area contributed by atoms with Gasteiger partial charge in [-0.25, -0.2) is 0 Å². The summed E-state index contributed by atoms with van der Waals surface area (Å²) in [5.74, 6) is 7.23. The molecule has 5 aliphatic carbocycles. The van der Waals surface area contributed by atoms with Crippen molar-refractivity contribution in [2.75, 3.05) is 0 Å². The van der Waals surface area contributed by atoms with Crippen LogP contribution in [-0.2, 0) is 0 Å². The van der Waals surface area contributed by atoms with Crippen molar-refractivity contribution in [2.45, 2.75) is 38.5 Å². The molecule has 5 rings (SSSR count). The molecule has 66 valence electrons. The standard InChI is InChI=1S/C12H18/c1-2-11-9-4-7-3-8(6-9)10(1)12(11)5-7/h7-12H,1-6H2. The van der Waals surface area contributed by atoms with Crippen molar-refractivity contribution in [2.24, 2.45) is 35.5 Å². The molecule has 0 radical (unpaired) electrons. The monoisotopic (exact) mass is 162 g/mol. The molecule has 0 aromatic carbocycles. The van der Waals surface area contributed by atoms with Gasteiger partial charge in [-0.15, -0.1) is 0 Å². The highest BCUT2D eigenvalue weighted by atomic mass is 14.6. The van der Waals surface area contributed by atoms with Crippen LogP contribution in [0.2, 0.25) is 0 Å². The maximum Gasteiger partial charge on any atom is -0.0349 e. The lowest BCUT2D eigenvalue weighted by Crippen LogP contribution is -2.46. The second-order valence-corrected chi connectivity index (χ2v) is 5.90. The summed E-state index contributed by atoms with van der Waals surface area (Å²) in [6, 6.07) is 0. The average molecular weight is 162 g/mol. The van der Waals surface area contributed by atoms with Crippen LogP contribution in [0.1, 0.15) is 38.5 Å². The summed E-state index contributed by atoms with van der Waals surface area (Å²) in [6.45, 7) is 0. The first-order valence-electron chi connectivity index (χ1n) is 5.92. The maximum absolute atomic E-state index is 1.64. The molecule has 4 atom stereocenters. The first-order valence-corrected chi connectivity index (χ1v) is 5.92. The zero-order valence-corrected chi connectivity index (χ0v) is 7.71. The van der Waals surface area contributed by atoms with E-state index in [1.165, 1.54) is 35.5 Å². The fraction of sp³-hybridized carbons (Fsp3) is 1.00. The molecule has 0 saturated heterocycles. The van der Waals surface area contributed by atoms with Gasteiger partial charge in [0.15, 0.2) is 0 Å². The Balaban J connectivity index is 1.82. The predicted molar refractivity (Wildman–Crippen MR) is 48.6 cm³/mol. The zero-order valence-electron chi connectivity index (χ0n) is 7.71. The highest BCUT2D eigenvalue weighted by Gasteiger charge is 2.55. The predicted octanol–water partition coefficient (Wildman–Crippen LogP) is 3.08. The van der Waals surface area contributed by atoms with Crippen LogP contribution in [0.25, 0.3) is 0 Å². The molecule has 0 aromatic heterocycles. The van der Waals surface area contributed by atoms with Gasteiger partial charge in [0, 0.05) is 0 Å². The molecule has 0 spiro atoms. The van der Waals surface area contributed by atoms with Crippen LogP contribution >= 0.6 is 0 Å². The van der Waals surface area contributed by atoms with Gasteiger partial charge < -0.3 is 0 Å². The van der Waals surface area contributed by atoms with Crippen LogP contribution in [0, 0.1) is 35.5 Å². The van der Waals surface area contributed by atoms with E-state index in [1.807, 2.05) is 0 Å². The highest BCUT2D eigenvalue weighted by molar-refractivity contribution is 5.05. The third-order valence-electron chi connectivity index (χ3n) is 5.63. The van der Waals surface area contributed by atoms with Gasteiger partial charge in [-0.2, -0.15) is 0 Å². The molecule has 6 bridgehead atoms. The van der Waals surface area contributed by atoms with E-state index in [-0.39, 0.29) is 0 Å². The molecule has 0 amide bonds. The average Bonchev–Trinajstić information content (AvgIpc) is 2.42. The third kappa shape index (κ3) is 0.592. The van der Waals surface area contributed by atoms with Crippen molar-refractivity contribution in [3.8, 4) is 0 Å². The second-order valence-electron chi connectivity index (χ2n) is 5.90. The fourth-order valence-corrected chi connectivity index (χ4v) is 5.46. The molecule has 0 heteroatoms. The Bertz CT molecular complexity index is 200. The normalized spacial score (nSPS) is 66.0. The molecule has 0 aromatic rings. The van der Waals surface area contributed by atoms with Crippen molar-refractivity contribution in [3.63, 3.8) is 0 Å². The van der Waals surface area contributed by atoms with Crippen LogP contribution in [0.15, 0.2) is 0 Å². The Kier molecular flexibility index (Phi) is 1.03. The zero-order chi connectivity index (χ0) is 7.71. The van der Waals surface area contributed by atoms with Crippen LogP contribution < -0.4 is 0 Å². The van der Waals surface area contributed by atoms with Gasteiger partial charge >= 0.3 is 0 Å². The minimum atomic E-state index is 1.18. The number of rotatable bonds is 0. The Morgan fingerprint density at radius 1 is 0.583 bits per heavy atom. The first kappa shape index (κ1) is 6.45. The molecular formula is C12H18. The SMILES string of the molecule is C1C2CC3CC1C1CCC3C1C2.